The highest BCUT2D eigenvalue weighted by atomic mass is 16.2. The van der Waals surface area contributed by atoms with Crippen LogP contribution in [0.3, 0.4) is 0 Å². The molecule has 0 aromatic heterocycles. The highest BCUT2D eigenvalue weighted by molar-refractivity contribution is 6.41. The van der Waals surface area contributed by atoms with Gasteiger partial charge < -0.3 is 0 Å². The van der Waals surface area contributed by atoms with Gasteiger partial charge in [0.1, 0.15) is 0 Å². The number of carbonyl (C=O) groups excluding carboxylic acids is 4. The van der Waals surface area contributed by atoms with E-state index < -0.39 is 0 Å². The van der Waals surface area contributed by atoms with Crippen molar-refractivity contribution in [1.82, 2.24) is 9.80 Å². The van der Waals surface area contributed by atoms with Crippen LogP contribution in [0.2, 0.25) is 0 Å². The molecule has 5 aromatic rings. The van der Waals surface area contributed by atoms with Gasteiger partial charge in [-0.1, -0.05) is 64.8 Å². The second-order valence-corrected chi connectivity index (χ2v) is 14.9. The van der Waals surface area contributed by atoms with Gasteiger partial charge in [0.25, 0.3) is 23.6 Å². The molecule has 4 aliphatic rings. The van der Waals surface area contributed by atoms with Gasteiger partial charge in [0.05, 0.1) is 0 Å². The van der Waals surface area contributed by atoms with E-state index in [9.17, 15) is 19.2 Å². The first kappa shape index (κ1) is 27.9. The van der Waals surface area contributed by atoms with E-state index in [1.165, 1.54) is 0 Å². The molecule has 2 aliphatic carbocycles. The summed E-state index contributed by atoms with van der Waals surface area (Å²) in [5, 5.41) is 6.95. The Hall–Kier alpha value is -4.32. The van der Waals surface area contributed by atoms with Crippen LogP contribution in [0, 0.1) is 23.7 Å². The normalized spacial score (nSPS) is 26.1. The average molecular weight is 611 g/mol. The lowest BCUT2D eigenvalue weighted by Gasteiger charge is -2.43. The van der Waals surface area contributed by atoms with E-state index in [0.717, 1.165) is 81.6 Å². The third kappa shape index (κ3) is 3.42. The molecule has 46 heavy (non-hydrogen) atoms. The maximum atomic E-state index is 14.2. The number of benzene rings is 5. The summed E-state index contributed by atoms with van der Waals surface area (Å²) in [6.07, 6.45) is 6.29. The molecule has 9 rings (SSSR count). The van der Waals surface area contributed by atoms with Gasteiger partial charge in [0.2, 0.25) is 0 Å². The monoisotopic (exact) mass is 610 g/mol. The van der Waals surface area contributed by atoms with Crippen LogP contribution in [0.1, 0.15) is 108 Å². The molecule has 0 radical (unpaired) electrons. The van der Waals surface area contributed by atoms with Crippen molar-refractivity contribution in [1.29, 1.82) is 0 Å². The van der Waals surface area contributed by atoms with Crippen molar-refractivity contribution in [3.05, 3.63) is 70.8 Å². The summed E-state index contributed by atoms with van der Waals surface area (Å²) >= 11 is 0. The molecule has 2 saturated carbocycles. The summed E-state index contributed by atoms with van der Waals surface area (Å²) in [5.74, 6) is 0.199. The van der Waals surface area contributed by atoms with Crippen molar-refractivity contribution in [2.75, 3.05) is 0 Å². The number of amides is 4. The fraction of sp³-hybridized carbons (Fsp3) is 0.400. The fourth-order valence-corrected chi connectivity index (χ4v) is 10.2. The number of rotatable bonds is 2. The maximum absolute atomic E-state index is 14.2. The average Bonchev–Trinajstić information content (AvgIpc) is 3.04. The second kappa shape index (κ2) is 9.60. The highest BCUT2D eigenvalue weighted by Crippen LogP contribution is 2.48. The van der Waals surface area contributed by atoms with Gasteiger partial charge in [0.15, 0.2) is 0 Å². The molecule has 2 aliphatic heterocycles. The summed E-state index contributed by atoms with van der Waals surface area (Å²) in [5.41, 5.74) is 2.30. The zero-order chi connectivity index (χ0) is 31.8. The molecule has 4 atom stereocenters. The van der Waals surface area contributed by atoms with Crippen molar-refractivity contribution in [2.45, 2.75) is 78.3 Å². The van der Waals surface area contributed by atoms with Crippen molar-refractivity contribution in [3.63, 3.8) is 0 Å². The molecule has 0 N–H and O–H groups in total. The minimum atomic E-state index is -0.203. The van der Waals surface area contributed by atoms with Crippen LogP contribution < -0.4 is 0 Å². The number of carbonyl (C=O) groups is 4. The smallest absolute Gasteiger partial charge is 0.261 e. The third-order valence-electron chi connectivity index (χ3n) is 12.3. The molecule has 232 valence electrons. The Labute approximate surface area is 268 Å². The predicted octanol–water partition coefficient (Wildman–Crippen LogP) is 8.58. The highest BCUT2D eigenvalue weighted by Gasteiger charge is 2.45. The Morgan fingerprint density at radius 2 is 0.674 bits per heavy atom. The summed E-state index contributed by atoms with van der Waals surface area (Å²) in [7, 11) is 0. The zero-order valence-corrected chi connectivity index (χ0v) is 26.9. The summed E-state index contributed by atoms with van der Waals surface area (Å²) in [4.78, 5) is 60.0. The molecule has 6 nitrogen and oxygen atoms in total. The lowest BCUT2D eigenvalue weighted by atomic mass is 9.75. The summed E-state index contributed by atoms with van der Waals surface area (Å²) in [6, 6.07) is 15.3. The Balaban J connectivity index is 1.27. The number of fused-ring (bicyclic) bond motifs is 2. The number of imide groups is 2. The third-order valence-corrected chi connectivity index (χ3v) is 12.3. The minimum absolute atomic E-state index is 0.115. The second-order valence-electron chi connectivity index (χ2n) is 14.9. The summed E-state index contributed by atoms with van der Waals surface area (Å²) < 4.78 is 0. The molecular formula is C40H38N2O4. The van der Waals surface area contributed by atoms with Crippen LogP contribution in [0.4, 0.5) is 0 Å². The summed E-state index contributed by atoms with van der Waals surface area (Å²) in [6.45, 7) is 8.65. The van der Waals surface area contributed by atoms with E-state index in [4.69, 9.17) is 0 Å². The Bertz CT molecular complexity index is 1900. The molecule has 4 amide bonds. The molecule has 5 aromatic carbocycles. The van der Waals surface area contributed by atoms with E-state index in [1.807, 2.05) is 48.5 Å². The van der Waals surface area contributed by atoms with Gasteiger partial charge in [-0.3, -0.25) is 29.0 Å². The van der Waals surface area contributed by atoms with Crippen LogP contribution in [-0.2, 0) is 0 Å². The van der Waals surface area contributed by atoms with E-state index in [-0.39, 0.29) is 59.4 Å². The van der Waals surface area contributed by atoms with Gasteiger partial charge >= 0.3 is 0 Å². The quantitative estimate of drug-likeness (QED) is 0.114. The molecule has 0 bridgehead atoms. The van der Waals surface area contributed by atoms with Crippen molar-refractivity contribution in [3.8, 4) is 0 Å². The van der Waals surface area contributed by atoms with E-state index in [1.54, 1.807) is 9.80 Å². The SMILES string of the molecule is C[C@@H]1CCC[C@@H](C)C1N1C(=O)c2ccc3c4ccc5c6c(ccc(c7ccc(c2c37)C1=O)c64)C(=O)N(C1[C@@H](C)CCC[C@@H]1C)C5=O. The molecule has 0 saturated heterocycles. The zero-order valence-electron chi connectivity index (χ0n) is 26.9. The van der Waals surface area contributed by atoms with Crippen molar-refractivity contribution < 1.29 is 19.2 Å². The minimum Gasteiger partial charge on any atom is -0.271 e. The predicted molar refractivity (Wildman–Crippen MR) is 181 cm³/mol. The van der Waals surface area contributed by atoms with Gasteiger partial charge in [-0.15, -0.1) is 0 Å². The fourth-order valence-electron chi connectivity index (χ4n) is 10.2. The van der Waals surface area contributed by atoms with Crippen LogP contribution in [-0.4, -0.2) is 45.5 Å². The largest absolute Gasteiger partial charge is 0.271 e. The van der Waals surface area contributed by atoms with Crippen LogP contribution in [0.5, 0.6) is 0 Å². The van der Waals surface area contributed by atoms with E-state index in [2.05, 4.69) is 27.7 Å². The van der Waals surface area contributed by atoms with E-state index in [0.29, 0.717) is 22.3 Å². The first-order valence-electron chi connectivity index (χ1n) is 17.1. The lowest BCUT2D eigenvalue weighted by molar-refractivity contribution is 0.0335. The number of hydrogen-bond donors (Lipinski definition) is 0. The number of hydrogen-bond acceptors (Lipinski definition) is 4. The molecule has 2 fully saturated rings. The van der Waals surface area contributed by atoms with Crippen LogP contribution in [0.25, 0.3) is 43.1 Å². The molecule has 0 spiro atoms. The van der Waals surface area contributed by atoms with Crippen molar-refractivity contribution >= 4 is 66.7 Å². The van der Waals surface area contributed by atoms with Crippen molar-refractivity contribution in [2.24, 2.45) is 23.7 Å². The Morgan fingerprint density at radius 1 is 0.413 bits per heavy atom. The number of nitrogens with zero attached hydrogens (tertiary/aromatic N) is 2. The van der Waals surface area contributed by atoms with E-state index >= 15 is 0 Å². The molecule has 6 heteroatoms. The van der Waals surface area contributed by atoms with Gasteiger partial charge in [-0.05, 0) is 106 Å². The van der Waals surface area contributed by atoms with Gasteiger partial charge in [-0.25, -0.2) is 0 Å². The Morgan fingerprint density at radius 3 is 0.935 bits per heavy atom. The first-order valence-corrected chi connectivity index (χ1v) is 17.1. The van der Waals surface area contributed by atoms with Crippen LogP contribution >= 0.6 is 0 Å². The Kier molecular flexibility index (Phi) is 5.83. The topological polar surface area (TPSA) is 74.8 Å². The maximum Gasteiger partial charge on any atom is 0.261 e. The first-order chi connectivity index (χ1) is 22.2. The van der Waals surface area contributed by atoms with Crippen LogP contribution in [0.15, 0.2) is 48.5 Å². The molecule has 0 unspecified atom stereocenters. The van der Waals surface area contributed by atoms with Gasteiger partial charge in [-0.2, -0.15) is 0 Å². The lowest BCUT2D eigenvalue weighted by Crippen LogP contribution is -2.53. The standard InChI is InChI=1S/C40H38N2O4/c1-19-7-5-8-20(2)35(19)41-37(43)27-15-11-23-25-13-17-29-34-30(40(46)42(39(29)45)36-21(3)9-6-10-22(36)4)18-14-26(32(25)34)24-12-16-28(38(41)44)33(27)31(23)24/h11-22,35-36H,5-10H2,1-4H3/t19-,20-,21+,22+. The molecular weight excluding hydrogens is 572 g/mol. The van der Waals surface area contributed by atoms with Gasteiger partial charge in [0, 0.05) is 45.1 Å². The molecule has 2 heterocycles.